The van der Waals surface area contributed by atoms with Gasteiger partial charge in [0.25, 0.3) is 0 Å². The fourth-order valence-electron chi connectivity index (χ4n) is 4.56. The topological polar surface area (TPSA) is 105 Å². The van der Waals surface area contributed by atoms with Crippen LogP contribution in [-0.2, 0) is 32.6 Å². The van der Waals surface area contributed by atoms with E-state index in [1.807, 2.05) is 44.2 Å². The van der Waals surface area contributed by atoms with Gasteiger partial charge in [-0.15, -0.1) is 0 Å². The second-order valence-corrected chi connectivity index (χ2v) is 12.5. The van der Waals surface area contributed by atoms with Crippen molar-refractivity contribution in [2.24, 2.45) is 5.92 Å². The van der Waals surface area contributed by atoms with Gasteiger partial charge in [0.05, 0.1) is 11.9 Å². The molecule has 1 atom stereocenters. The third-order valence-corrected chi connectivity index (χ3v) is 7.86. The quantitative estimate of drug-likeness (QED) is 0.341. The first kappa shape index (κ1) is 30.8. The van der Waals surface area contributed by atoms with Crippen molar-refractivity contribution in [2.45, 2.75) is 32.9 Å². The summed E-state index contributed by atoms with van der Waals surface area (Å²) in [7, 11) is -3.94. The van der Waals surface area contributed by atoms with Crippen molar-refractivity contribution in [3.63, 3.8) is 0 Å². The molecule has 1 N–H and O–H groups in total. The Morgan fingerprint density at radius 1 is 0.929 bits per heavy atom. The number of nitrogens with one attached hydrogen (secondary N) is 1. The number of hydrogen-bond donors (Lipinski definition) is 1. The number of hydrogen-bond acceptors (Lipinski definition) is 6. The Balaban J connectivity index is 1.71. The molecule has 11 heteroatoms. The standard InChI is InChI=1S/C31H36FN3O6S/c1-22(2)19-33-31(37)27(17-23-7-5-4-6-8-23)34(20-24-9-11-25(32)12-10-24)30(36)21-35(42(3,38)39)26-13-14-28-29(18-26)41-16-15-40-28/h4-14,18,22,27H,15-17,19-21H2,1-3H3,(H,33,37). The fourth-order valence-corrected chi connectivity index (χ4v) is 5.41. The zero-order chi connectivity index (χ0) is 30.3. The van der Waals surface area contributed by atoms with Crippen molar-refractivity contribution in [1.82, 2.24) is 10.2 Å². The van der Waals surface area contributed by atoms with Gasteiger partial charge in [0, 0.05) is 25.6 Å². The number of benzene rings is 3. The van der Waals surface area contributed by atoms with Crippen LogP contribution in [0.2, 0.25) is 0 Å². The summed E-state index contributed by atoms with van der Waals surface area (Å²) in [6.07, 6.45) is 1.21. The van der Waals surface area contributed by atoms with Crippen LogP contribution in [0.5, 0.6) is 11.5 Å². The van der Waals surface area contributed by atoms with Gasteiger partial charge in [0.1, 0.15) is 31.6 Å². The van der Waals surface area contributed by atoms with E-state index in [1.54, 1.807) is 12.1 Å². The van der Waals surface area contributed by atoms with Crippen molar-refractivity contribution >= 4 is 27.5 Å². The molecule has 42 heavy (non-hydrogen) atoms. The number of nitrogens with zero attached hydrogens (tertiary/aromatic N) is 2. The number of anilines is 1. The summed E-state index contributed by atoms with van der Waals surface area (Å²) in [6, 6.07) is 18.6. The Hall–Kier alpha value is -4.12. The van der Waals surface area contributed by atoms with Gasteiger partial charge in [0.15, 0.2) is 11.5 Å². The van der Waals surface area contributed by atoms with E-state index in [0.29, 0.717) is 36.8 Å². The van der Waals surface area contributed by atoms with Crippen LogP contribution in [0.1, 0.15) is 25.0 Å². The molecule has 0 spiro atoms. The highest BCUT2D eigenvalue weighted by Gasteiger charge is 2.33. The number of amides is 2. The maximum Gasteiger partial charge on any atom is 0.244 e. The molecule has 9 nitrogen and oxygen atoms in total. The smallest absolute Gasteiger partial charge is 0.244 e. The van der Waals surface area contributed by atoms with Crippen molar-refractivity contribution in [1.29, 1.82) is 0 Å². The molecule has 3 aromatic carbocycles. The summed E-state index contributed by atoms with van der Waals surface area (Å²) in [5, 5.41) is 2.93. The minimum Gasteiger partial charge on any atom is -0.486 e. The van der Waals surface area contributed by atoms with Crippen LogP contribution >= 0.6 is 0 Å². The summed E-state index contributed by atoms with van der Waals surface area (Å²) < 4.78 is 51.8. The normalized spacial score (nSPS) is 13.4. The molecule has 0 saturated carbocycles. The highest BCUT2D eigenvalue weighted by atomic mass is 32.2. The Kier molecular flexibility index (Phi) is 10.1. The van der Waals surface area contributed by atoms with Crippen LogP contribution in [0.3, 0.4) is 0 Å². The predicted octanol–water partition coefficient (Wildman–Crippen LogP) is 3.78. The summed E-state index contributed by atoms with van der Waals surface area (Å²) >= 11 is 0. The van der Waals surface area contributed by atoms with Crippen LogP contribution < -0.4 is 19.1 Å². The maximum atomic E-state index is 14.1. The van der Waals surface area contributed by atoms with Gasteiger partial charge in [-0.05, 0) is 41.3 Å². The molecular formula is C31H36FN3O6S. The molecule has 224 valence electrons. The molecule has 0 fully saturated rings. The molecule has 4 rings (SSSR count). The van der Waals surface area contributed by atoms with Crippen molar-refractivity contribution in [3.05, 3.63) is 89.7 Å². The van der Waals surface area contributed by atoms with Crippen LogP contribution in [0.4, 0.5) is 10.1 Å². The molecular weight excluding hydrogens is 561 g/mol. The van der Waals surface area contributed by atoms with Crippen LogP contribution in [-0.4, -0.2) is 63.7 Å². The molecule has 3 aromatic rings. The van der Waals surface area contributed by atoms with Gasteiger partial charge in [-0.25, -0.2) is 12.8 Å². The Morgan fingerprint density at radius 2 is 1.60 bits per heavy atom. The van der Waals surface area contributed by atoms with Gasteiger partial charge in [0.2, 0.25) is 21.8 Å². The number of carbonyl (C=O) groups excluding carboxylic acids is 2. The lowest BCUT2D eigenvalue weighted by Crippen LogP contribution is -2.53. The van der Waals surface area contributed by atoms with Crippen molar-refractivity contribution in [2.75, 3.05) is 36.9 Å². The molecule has 0 radical (unpaired) electrons. The van der Waals surface area contributed by atoms with Gasteiger partial charge in [-0.3, -0.25) is 13.9 Å². The average Bonchev–Trinajstić information content (AvgIpc) is 2.97. The summed E-state index contributed by atoms with van der Waals surface area (Å²) in [5.41, 5.74) is 1.64. The first-order valence-electron chi connectivity index (χ1n) is 13.7. The zero-order valence-electron chi connectivity index (χ0n) is 24.0. The number of fused-ring (bicyclic) bond motifs is 1. The molecule has 1 unspecified atom stereocenters. The summed E-state index contributed by atoms with van der Waals surface area (Å²) in [6.45, 7) is 4.41. The first-order chi connectivity index (χ1) is 20.0. The zero-order valence-corrected chi connectivity index (χ0v) is 24.8. The lowest BCUT2D eigenvalue weighted by atomic mass is 10.0. The van der Waals surface area contributed by atoms with Crippen molar-refractivity contribution in [3.8, 4) is 11.5 Å². The van der Waals surface area contributed by atoms with E-state index in [9.17, 15) is 22.4 Å². The predicted molar refractivity (Wildman–Crippen MR) is 158 cm³/mol. The largest absolute Gasteiger partial charge is 0.486 e. The van der Waals surface area contributed by atoms with Gasteiger partial charge < -0.3 is 19.7 Å². The second-order valence-electron chi connectivity index (χ2n) is 10.6. The SMILES string of the molecule is CC(C)CNC(=O)C(Cc1ccccc1)N(Cc1ccc(F)cc1)C(=O)CN(c1ccc2c(c1)OCCO2)S(C)(=O)=O. The number of halogens is 1. The molecule has 1 aliphatic heterocycles. The summed E-state index contributed by atoms with van der Waals surface area (Å²) in [5.74, 6) is -0.378. The highest BCUT2D eigenvalue weighted by molar-refractivity contribution is 7.92. The molecule has 0 aromatic heterocycles. The van der Waals surface area contributed by atoms with Crippen LogP contribution in [0.25, 0.3) is 0 Å². The number of sulfonamides is 1. The third-order valence-electron chi connectivity index (χ3n) is 6.71. The van der Waals surface area contributed by atoms with Crippen LogP contribution in [0, 0.1) is 11.7 Å². The van der Waals surface area contributed by atoms with E-state index in [1.165, 1.54) is 35.2 Å². The van der Waals surface area contributed by atoms with E-state index < -0.39 is 34.3 Å². The molecule has 2 amide bonds. The maximum absolute atomic E-state index is 14.1. The Bertz CT molecular complexity index is 1480. The molecule has 1 aliphatic rings. The summed E-state index contributed by atoms with van der Waals surface area (Å²) in [4.78, 5) is 29.1. The molecule has 1 heterocycles. The minimum atomic E-state index is -3.94. The average molecular weight is 598 g/mol. The number of rotatable bonds is 12. The van der Waals surface area contributed by atoms with Crippen molar-refractivity contribution < 1.29 is 31.9 Å². The minimum absolute atomic E-state index is 0.0372. The molecule has 0 saturated heterocycles. The van der Waals surface area contributed by atoms with Gasteiger partial charge >= 0.3 is 0 Å². The number of ether oxygens (including phenoxy) is 2. The van der Waals surface area contributed by atoms with E-state index >= 15 is 0 Å². The van der Waals surface area contributed by atoms with E-state index in [2.05, 4.69) is 5.32 Å². The number of carbonyl (C=O) groups is 2. The Labute approximate surface area is 246 Å². The lowest BCUT2D eigenvalue weighted by molar-refractivity contribution is -0.140. The van der Waals surface area contributed by atoms with Gasteiger partial charge in [-0.1, -0.05) is 56.3 Å². The molecule has 0 aliphatic carbocycles. The first-order valence-corrected chi connectivity index (χ1v) is 15.6. The van der Waals surface area contributed by atoms with Gasteiger partial charge in [-0.2, -0.15) is 0 Å². The highest BCUT2D eigenvalue weighted by Crippen LogP contribution is 2.34. The monoisotopic (exact) mass is 597 g/mol. The molecule has 0 bridgehead atoms. The fraction of sp³-hybridized carbons (Fsp3) is 0.355. The van der Waals surface area contributed by atoms with Crippen LogP contribution in [0.15, 0.2) is 72.8 Å². The lowest BCUT2D eigenvalue weighted by Gasteiger charge is -2.34. The third kappa shape index (κ3) is 8.22. The van der Waals surface area contributed by atoms with E-state index in [4.69, 9.17) is 9.47 Å². The Morgan fingerprint density at radius 3 is 2.24 bits per heavy atom. The van der Waals surface area contributed by atoms with E-state index in [0.717, 1.165) is 16.1 Å². The second kappa shape index (κ2) is 13.7. The van der Waals surface area contributed by atoms with E-state index in [-0.39, 0.29) is 30.5 Å².